The maximum absolute atomic E-state index is 13.8. The molecule has 4 aromatic rings. The normalized spacial score (nSPS) is 14.0. The van der Waals surface area contributed by atoms with Gasteiger partial charge in [-0.3, -0.25) is 9.69 Å². The highest BCUT2D eigenvalue weighted by Crippen LogP contribution is 2.23. The van der Waals surface area contributed by atoms with E-state index in [1.54, 1.807) is 41.3 Å². The number of furan rings is 1. The molecule has 1 aromatic heterocycles. The molecule has 1 saturated heterocycles. The van der Waals surface area contributed by atoms with Gasteiger partial charge in [-0.2, -0.15) is 0 Å². The van der Waals surface area contributed by atoms with E-state index < -0.39 is 0 Å². The number of urea groups is 1. The average Bonchev–Trinajstić information content (AvgIpc) is 3.51. The Hall–Kier alpha value is -3.77. The largest absolute Gasteiger partial charge is 1.00 e. The highest BCUT2D eigenvalue weighted by molar-refractivity contribution is 5.92. The number of aryl methyl sites for hydroxylation is 1. The lowest BCUT2D eigenvalue weighted by Gasteiger charge is -2.43. The van der Waals surface area contributed by atoms with Crippen molar-refractivity contribution in [3.05, 3.63) is 125 Å². The number of piperazine rings is 1. The summed E-state index contributed by atoms with van der Waals surface area (Å²) in [6, 6.07) is 25.5. The van der Waals surface area contributed by atoms with E-state index >= 15 is 0 Å². The standard InChI is InChI=1S/C35H38F2N4O3.HI/c1-41(23-5-8-27-6-3-2-4-7-27)24-21-39(22-25-41)35(43)40(31-15-13-30(37)14-16-31)26-32-17-18-33(44-32)34(42)38-20-19-28-9-11-29(36)12-10-28;/h2-4,6-7,9-18H,5,8,19-26H2,1H3;1H. The van der Waals surface area contributed by atoms with Gasteiger partial charge in [0, 0.05) is 18.7 Å². The zero-order chi connectivity index (χ0) is 30.9. The Kier molecular flexibility index (Phi) is 12.1. The van der Waals surface area contributed by atoms with E-state index in [1.807, 2.05) is 11.0 Å². The van der Waals surface area contributed by atoms with Crippen molar-refractivity contribution in [1.29, 1.82) is 0 Å². The number of anilines is 1. The van der Waals surface area contributed by atoms with Crippen LogP contribution in [0.5, 0.6) is 0 Å². The molecule has 3 aromatic carbocycles. The molecule has 0 unspecified atom stereocenters. The minimum Gasteiger partial charge on any atom is -1.00 e. The fourth-order valence-corrected chi connectivity index (χ4v) is 5.53. The third kappa shape index (κ3) is 9.61. The van der Waals surface area contributed by atoms with E-state index in [2.05, 4.69) is 36.6 Å². The summed E-state index contributed by atoms with van der Waals surface area (Å²) in [4.78, 5) is 29.9. The Labute approximate surface area is 280 Å². The fourth-order valence-electron chi connectivity index (χ4n) is 5.53. The van der Waals surface area contributed by atoms with Crippen molar-refractivity contribution in [3.8, 4) is 0 Å². The lowest BCUT2D eigenvalue weighted by atomic mass is 10.1. The van der Waals surface area contributed by atoms with Crippen molar-refractivity contribution >= 4 is 17.6 Å². The van der Waals surface area contributed by atoms with Crippen LogP contribution in [-0.4, -0.2) is 67.6 Å². The second kappa shape index (κ2) is 16.0. The first kappa shape index (κ1) is 34.1. The van der Waals surface area contributed by atoms with Crippen LogP contribution < -0.4 is 34.2 Å². The van der Waals surface area contributed by atoms with Crippen LogP contribution in [-0.2, 0) is 19.4 Å². The van der Waals surface area contributed by atoms with Gasteiger partial charge in [0.2, 0.25) is 0 Å². The molecule has 10 heteroatoms. The third-order valence-corrected chi connectivity index (χ3v) is 8.28. The van der Waals surface area contributed by atoms with Crippen molar-refractivity contribution in [2.75, 3.05) is 51.2 Å². The predicted octanol–water partition coefficient (Wildman–Crippen LogP) is 3.06. The van der Waals surface area contributed by atoms with Crippen LogP contribution in [0.15, 0.2) is 95.4 Å². The number of quaternary nitrogens is 1. The van der Waals surface area contributed by atoms with E-state index in [0.717, 1.165) is 42.5 Å². The van der Waals surface area contributed by atoms with Gasteiger partial charge < -0.3 is 43.1 Å². The molecule has 2 heterocycles. The van der Waals surface area contributed by atoms with Crippen molar-refractivity contribution in [2.45, 2.75) is 25.8 Å². The molecule has 0 saturated carbocycles. The molecular formula is C35H39F2IN4O3. The summed E-state index contributed by atoms with van der Waals surface area (Å²) < 4.78 is 33.6. The van der Waals surface area contributed by atoms with Crippen molar-refractivity contribution < 1.29 is 51.2 Å². The summed E-state index contributed by atoms with van der Waals surface area (Å²) in [5.74, 6) is -0.503. The monoisotopic (exact) mass is 728 g/mol. The van der Waals surface area contributed by atoms with E-state index in [9.17, 15) is 18.4 Å². The minimum absolute atomic E-state index is 0. The minimum atomic E-state index is -0.389. The SMILES string of the molecule is C[N+]1(CCCc2ccccc2)CCN(C(=O)N(Cc2ccc(C(=O)NCCc3ccc(F)cc3)o2)c2ccc(F)cc2)CC1.[I-]. The number of amides is 3. The summed E-state index contributed by atoms with van der Waals surface area (Å²) in [6.45, 7) is 4.41. The van der Waals surface area contributed by atoms with Gasteiger partial charge in [-0.05, 0) is 72.5 Å². The molecule has 1 N–H and O–H groups in total. The third-order valence-electron chi connectivity index (χ3n) is 8.28. The van der Waals surface area contributed by atoms with Crippen LogP contribution in [0, 0.1) is 11.6 Å². The summed E-state index contributed by atoms with van der Waals surface area (Å²) >= 11 is 0. The van der Waals surface area contributed by atoms with Crippen molar-refractivity contribution in [1.82, 2.24) is 10.2 Å². The van der Waals surface area contributed by atoms with E-state index in [4.69, 9.17) is 4.42 Å². The quantitative estimate of drug-likeness (QED) is 0.191. The molecule has 0 aliphatic carbocycles. The molecule has 238 valence electrons. The lowest BCUT2D eigenvalue weighted by Crippen LogP contribution is -3.00. The van der Waals surface area contributed by atoms with E-state index in [0.29, 0.717) is 37.5 Å². The molecule has 45 heavy (non-hydrogen) atoms. The Morgan fingerprint density at radius 1 is 0.844 bits per heavy atom. The maximum Gasteiger partial charge on any atom is 0.325 e. The molecule has 1 aliphatic heterocycles. The topological polar surface area (TPSA) is 65.8 Å². The molecule has 5 rings (SSSR count). The van der Waals surface area contributed by atoms with Crippen LogP contribution >= 0.6 is 0 Å². The zero-order valence-electron chi connectivity index (χ0n) is 25.4. The first-order chi connectivity index (χ1) is 21.3. The number of nitrogens with zero attached hydrogens (tertiary/aromatic N) is 3. The van der Waals surface area contributed by atoms with E-state index in [1.165, 1.54) is 29.8 Å². The first-order valence-corrected chi connectivity index (χ1v) is 15.1. The number of rotatable bonds is 11. The Balaban J connectivity index is 0.00000461. The smallest absolute Gasteiger partial charge is 0.325 e. The van der Waals surface area contributed by atoms with Gasteiger partial charge >= 0.3 is 6.03 Å². The number of halogens is 3. The van der Waals surface area contributed by atoms with Crippen molar-refractivity contribution in [3.63, 3.8) is 0 Å². The van der Waals surface area contributed by atoms with Gasteiger partial charge in [0.25, 0.3) is 5.91 Å². The first-order valence-electron chi connectivity index (χ1n) is 15.1. The molecule has 0 bridgehead atoms. The summed E-state index contributed by atoms with van der Waals surface area (Å²) in [5.41, 5.74) is 2.79. The predicted molar refractivity (Wildman–Crippen MR) is 166 cm³/mol. The second-order valence-corrected chi connectivity index (χ2v) is 11.6. The molecule has 0 atom stereocenters. The number of hydrogen-bond donors (Lipinski definition) is 1. The van der Waals surface area contributed by atoms with Crippen LogP contribution in [0.4, 0.5) is 19.3 Å². The Morgan fingerprint density at radius 2 is 1.47 bits per heavy atom. The van der Waals surface area contributed by atoms with Crippen LogP contribution in [0.2, 0.25) is 0 Å². The van der Waals surface area contributed by atoms with Crippen LogP contribution in [0.1, 0.15) is 33.9 Å². The average molecular weight is 729 g/mol. The molecule has 1 fully saturated rings. The Morgan fingerprint density at radius 3 is 2.13 bits per heavy atom. The van der Waals surface area contributed by atoms with Gasteiger partial charge in [0.15, 0.2) is 5.76 Å². The number of hydrogen-bond acceptors (Lipinski definition) is 3. The zero-order valence-corrected chi connectivity index (χ0v) is 27.6. The second-order valence-electron chi connectivity index (χ2n) is 11.6. The summed E-state index contributed by atoms with van der Waals surface area (Å²) in [5, 5.41) is 2.81. The van der Waals surface area contributed by atoms with Crippen LogP contribution in [0.3, 0.4) is 0 Å². The molecule has 3 amide bonds. The summed E-state index contributed by atoms with van der Waals surface area (Å²) in [6.07, 6.45) is 2.66. The van der Waals surface area contributed by atoms with Gasteiger partial charge in [-0.1, -0.05) is 42.5 Å². The van der Waals surface area contributed by atoms with Crippen molar-refractivity contribution in [2.24, 2.45) is 0 Å². The van der Waals surface area contributed by atoms with Gasteiger partial charge in [0.05, 0.1) is 46.3 Å². The van der Waals surface area contributed by atoms with Crippen LogP contribution in [0.25, 0.3) is 0 Å². The number of benzene rings is 3. The fraction of sp³-hybridized carbons (Fsp3) is 0.314. The van der Waals surface area contributed by atoms with E-state index in [-0.39, 0.29) is 59.9 Å². The molecule has 1 aliphatic rings. The summed E-state index contributed by atoms with van der Waals surface area (Å²) in [7, 11) is 2.25. The van der Waals surface area contributed by atoms with Gasteiger partial charge in [0.1, 0.15) is 17.4 Å². The highest BCUT2D eigenvalue weighted by Gasteiger charge is 2.33. The number of carbonyl (C=O) groups is 2. The molecule has 0 spiro atoms. The van der Waals surface area contributed by atoms with Gasteiger partial charge in [-0.25, -0.2) is 13.6 Å². The molecular weight excluding hydrogens is 689 g/mol. The molecule has 0 radical (unpaired) electrons. The Bertz CT molecular complexity index is 1520. The maximum atomic E-state index is 13.8. The molecule has 7 nitrogen and oxygen atoms in total. The lowest BCUT2D eigenvalue weighted by molar-refractivity contribution is -0.913. The number of nitrogens with one attached hydrogen (secondary N) is 1. The number of likely N-dealkylation sites (N-methyl/N-ethyl adjacent to an activating group) is 1. The highest BCUT2D eigenvalue weighted by atomic mass is 127. The number of carbonyl (C=O) groups excluding carboxylic acids is 2. The van der Waals surface area contributed by atoms with Gasteiger partial charge in [-0.15, -0.1) is 0 Å².